The van der Waals surface area contributed by atoms with Gasteiger partial charge in [-0.1, -0.05) is 66.7 Å². The molecule has 0 saturated heterocycles. The lowest BCUT2D eigenvalue weighted by Gasteiger charge is -2.18. The molecule has 208 valence electrons. The van der Waals surface area contributed by atoms with E-state index in [1.807, 2.05) is 42.5 Å². The summed E-state index contributed by atoms with van der Waals surface area (Å²) in [5.41, 5.74) is 4.99. The number of benzene rings is 4. The average Bonchev–Trinajstić information content (AvgIpc) is 3.49. The number of amides is 2. The summed E-state index contributed by atoms with van der Waals surface area (Å²) in [6.07, 6.45) is -0.294. The maximum Gasteiger partial charge on any atom is 0.305 e. The highest BCUT2D eigenvalue weighted by atomic mass is 16.4. The van der Waals surface area contributed by atoms with Crippen molar-refractivity contribution in [2.24, 2.45) is 4.99 Å². The SMILES string of the molecule is Cc1ccc(-c2ccc([C@H](CC(=O)O)NC(=O)CNC(=O)c3cccc(NC4=NCCN4)c3)cc2)c2ccccc12. The number of carboxylic acid groups (broad SMARTS) is 1. The maximum absolute atomic E-state index is 12.8. The molecule has 1 aliphatic rings. The van der Waals surface area contributed by atoms with Gasteiger partial charge >= 0.3 is 5.97 Å². The van der Waals surface area contributed by atoms with Crippen LogP contribution in [-0.4, -0.2) is 48.5 Å². The van der Waals surface area contributed by atoms with Crippen molar-refractivity contribution < 1.29 is 19.5 Å². The normalized spacial score (nSPS) is 13.1. The molecule has 1 atom stereocenters. The molecule has 0 spiro atoms. The molecule has 1 heterocycles. The number of aryl methyl sites for hydroxylation is 1. The van der Waals surface area contributed by atoms with Gasteiger partial charge < -0.3 is 26.4 Å². The van der Waals surface area contributed by atoms with E-state index in [4.69, 9.17) is 0 Å². The smallest absolute Gasteiger partial charge is 0.305 e. The molecule has 9 nitrogen and oxygen atoms in total. The molecule has 0 aliphatic carbocycles. The van der Waals surface area contributed by atoms with Crippen molar-refractivity contribution in [3.8, 4) is 11.1 Å². The minimum atomic E-state index is -1.04. The van der Waals surface area contributed by atoms with Gasteiger partial charge in [0.25, 0.3) is 5.91 Å². The number of hydrogen-bond donors (Lipinski definition) is 5. The molecule has 0 aromatic heterocycles. The van der Waals surface area contributed by atoms with Crippen LogP contribution in [0.25, 0.3) is 21.9 Å². The Balaban J connectivity index is 1.24. The summed E-state index contributed by atoms with van der Waals surface area (Å²) in [5.74, 6) is -1.31. The number of anilines is 1. The summed E-state index contributed by atoms with van der Waals surface area (Å²) < 4.78 is 0. The molecule has 2 amide bonds. The number of rotatable bonds is 9. The molecule has 41 heavy (non-hydrogen) atoms. The second-order valence-corrected chi connectivity index (χ2v) is 9.86. The van der Waals surface area contributed by atoms with Gasteiger partial charge in [0.1, 0.15) is 0 Å². The molecule has 1 aliphatic heterocycles. The van der Waals surface area contributed by atoms with E-state index in [9.17, 15) is 19.5 Å². The second-order valence-electron chi connectivity index (χ2n) is 9.86. The summed E-state index contributed by atoms with van der Waals surface area (Å²) in [6, 6.07) is 26.0. The molecule has 0 fully saturated rings. The van der Waals surface area contributed by atoms with Gasteiger partial charge in [-0.25, -0.2) is 0 Å². The van der Waals surface area contributed by atoms with Gasteiger partial charge in [0.05, 0.1) is 25.6 Å². The molecule has 0 saturated carbocycles. The van der Waals surface area contributed by atoms with Crippen LogP contribution in [0, 0.1) is 6.92 Å². The fourth-order valence-electron chi connectivity index (χ4n) is 4.89. The second kappa shape index (κ2) is 12.3. The Labute approximate surface area is 237 Å². The zero-order valence-corrected chi connectivity index (χ0v) is 22.6. The van der Waals surface area contributed by atoms with Crippen LogP contribution in [0.2, 0.25) is 0 Å². The third-order valence-electron chi connectivity index (χ3n) is 6.95. The van der Waals surface area contributed by atoms with E-state index in [0.29, 0.717) is 29.3 Å². The van der Waals surface area contributed by atoms with Crippen LogP contribution in [0.5, 0.6) is 0 Å². The topological polar surface area (TPSA) is 132 Å². The first-order valence-electron chi connectivity index (χ1n) is 13.4. The number of carbonyl (C=O) groups excluding carboxylic acids is 2. The Morgan fingerprint density at radius 2 is 1.73 bits per heavy atom. The van der Waals surface area contributed by atoms with Gasteiger partial charge in [0, 0.05) is 17.8 Å². The molecule has 4 aromatic rings. The summed E-state index contributed by atoms with van der Waals surface area (Å²) >= 11 is 0. The molecule has 0 unspecified atom stereocenters. The van der Waals surface area contributed by atoms with Gasteiger partial charge in [0.15, 0.2) is 5.96 Å². The number of nitrogens with one attached hydrogen (secondary N) is 4. The quantitative estimate of drug-likeness (QED) is 0.212. The maximum atomic E-state index is 12.8. The molecule has 5 N–H and O–H groups in total. The van der Waals surface area contributed by atoms with Crippen LogP contribution in [0.15, 0.2) is 89.9 Å². The Hall–Kier alpha value is -5.18. The Morgan fingerprint density at radius 1 is 0.951 bits per heavy atom. The number of aliphatic carboxylic acids is 1. The van der Waals surface area contributed by atoms with Crippen LogP contribution in [0.4, 0.5) is 5.69 Å². The van der Waals surface area contributed by atoms with Crippen molar-refractivity contribution in [1.82, 2.24) is 16.0 Å². The molecular weight excluding hydrogens is 518 g/mol. The number of fused-ring (bicyclic) bond motifs is 1. The van der Waals surface area contributed by atoms with Crippen molar-refractivity contribution in [2.45, 2.75) is 19.4 Å². The monoisotopic (exact) mass is 549 g/mol. The standard InChI is InChI=1S/C32H31N5O4/c1-20-9-14-26(27-8-3-2-7-25(20)27)21-10-12-22(13-11-21)28(18-30(39)40)37-29(38)19-35-31(41)23-5-4-6-24(17-23)36-32-33-15-16-34-32/h2-14,17,28H,15-16,18-19H2,1H3,(H,35,41)(H,37,38)(H,39,40)(H2,33,34,36)/t28-/m0/s1. The van der Waals surface area contributed by atoms with Crippen molar-refractivity contribution >= 4 is 40.2 Å². The van der Waals surface area contributed by atoms with Crippen molar-refractivity contribution in [1.29, 1.82) is 0 Å². The molecule has 4 aromatic carbocycles. The largest absolute Gasteiger partial charge is 0.481 e. The predicted molar refractivity (Wildman–Crippen MR) is 160 cm³/mol. The van der Waals surface area contributed by atoms with E-state index in [2.05, 4.69) is 57.4 Å². The summed E-state index contributed by atoms with van der Waals surface area (Å²) in [5, 5.41) is 23.4. The first-order valence-corrected chi connectivity index (χ1v) is 13.4. The van der Waals surface area contributed by atoms with Gasteiger partial charge in [-0.15, -0.1) is 0 Å². The van der Waals surface area contributed by atoms with Gasteiger partial charge in [-0.05, 0) is 58.1 Å². The van der Waals surface area contributed by atoms with Crippen LogP contribution in [0.3, 0.4) is 0 Å². The van der Waals surface area contributed by atoms with Crippen LogP contribution < -0.4 is 21.3 Å². The first kappa shape index (κ1) is 27.4. The lowest BCUT2D eigenvalue weighted by Crippen LogP contribution is -2.39. The Bertz CT molecular complexity index is 1630. The van der Waals surface area contributed by atoms with E-state index in [0.717, 1.165) is 23.1 Å². The lowest BCUT2D eigenvalue weighted by atomic mass is 9.94. The summed E-state index contributed by atoms with van der Waals surface area (Å²) in [7, 11) is 0. The van der Waals surface area contributed by atoms with Crippen LogP contribution in [-0.2, 0) is 9.59 Å². The zero-order valence-electron chi connectivity index (χ0n) is 22.6. The van der Waals surface area contributed by atoms with E-state index in [1.54, 1.807) is 18.2 Å². The number of aliphatic imine (C=N–C) groups is 1. The Morgan fingerprint density at radius 3 is 2.46 bits per heavy atom. The molecule has 5 rings (SSSR count). The number of hydrogen-bond acceptors (Lipinski definition) is 6. The predicted octanol–water partition coefficient (Wildman–Crippen LogP) is 4.25. The third kappa shape index (κ3) is 6.70. The zero-order chi connectivity index (χ0) is 28.8. The number of carboxylic acids is 1. The van der Waals surface area contributed by atoms with Crippen molar-refractivity contribution in [2.75, 3.05) is 25.0 Å². The summed E-state index contributed by atoms with van der Waals surface area (Å²) in [6.45, 7) is 3.23. The Kier molecular flexibility index (Phi) is 8.24. The van der Waals surface area contributed by atoms with E-state index < -0.39 is 23.8 Å². The van der Waals surface area contributed by atoms with E-state index in [1.165, 1.54) is 10.9 Å². The van der Waals surface area contributed by atoms with Gasteiger partial charge in [-0.2, -0.15) is 0 Å². The molecule has 9 heteroatoms. The number of carbonyl (C=O) groups is 3. The van der Waals surface area contributed by atoms with Crippen molar-refractivity contribution in [3.05, 3.63) is 102 Å². The average molecular weight is 550 g/mol. The fraction of sp³-hybridized carbons (Fsp3) is 0.188. The molecule has 0 radical (unpaired) electrons. The van der Waals surface area contributed by atoms with Crippen molar-refractivity contribution in [3.63, 3.8) is 0 Å². The molecular formula is C32H31N5O4. The highest BCUT2D eigenvalue weighted by Crippen LogP contribution is 2.31. The van der Waals surface area contributed by atoms with Gasteiger partial charge in [0.2, 0.25) is 5.91 Å². The molecule has 0 bridgehead atoms. The lowest BCUT2D eigenvalue weighted by molar-refractivity contribution is -0.137. The first-order chi connectivity index (χ1) is 19.9. The highest BCUT2D eigenvalue weighted by molar-refractivity contribution is 6.00. The number of guanidine groups is 1. The minimum Gasteiger partial charge on any atom is -0.481 e. The van der Waals surface area contributed by atoms with Gasteiger partial charge in [-0.3, -0.25) is 19.4 Å². The third-order valence-corrected chi connectivity index (χ3v) is 6.95. The fourth-order valence-corrected chi connectivity index (χ4v) is 4.89. The minimum absolute atomic E-state index is 0.294. The van der Waals surface area contributed by atoms with E-state index in [-0.39, 0.29) is 13.0 Å². The van der Waals surface area contributed by atoms with Crippen LogP contribution >= 0.6 is 0 Å². The van der Waals surface area contributed by atoms with E-state index >= 15 is 0 Å². The highest BCUT2D eigenvalue weighted by Gasteiger charge is 2.19. The van der Waals surface area contributed by atoms with Crippen LogP contribution in [0.1, 0.15) is 33.9 Å². The summed E-state index contributed by atoms with van der Waals surface area (Å²) in [4.78, 5) is 41.3. The number of nitrogens with zero attached hydrogens (tertiary/aromatic N) is 1.